The molecule has 5 nitrogen and oxygen atoms in total. The Bertz CT molecular complexity index is 650. The molecule has 0 bridgehead atoms. The molecule has 4 N–H and O–H groups in total. The molecule has 1 amide bonds. The maximum absolute atomic E-state index is 12.4. The predicted molar refractivity (Wildman–Crippen MR) is 88.3 cm³/mol. The molecule has 1 aromatic heterocycles. The Morgan fingerprint density at radius 3 is 2.76 bits per heavy atom. The number of carbonyl (C=O) groups excluding carboxylic acids is 1. The second-order valence-electron chi connectivity index (χ2n) is 4.64. The van der Waals surface area contributed by atoms with Crippen molar-refractivity contribution in [3.8, 4) is 0 Å². The number of hydrogen-bond acceptors (Lipinski definition) is 4. The van der Waals surface area contributed by atoms with Gasteiger partial charge >= 0.3 is 0 Å². The number of rotatable bonds is 4. The van der Waals surface area contributed by atoms with Crippen molar-refractivity contribution in [2.75, 3.05) is 10.7 Å². The summed E-state index contributed by atoms with van der Waals surface area (Å²) in [6.07, 6.45) is 0.728. The highest BCUT2D eigenvalue weighted by Crippen LogP contribution is 2.21. The minimum Gasteiger partial charge on any atom is -0.322 e. The summed E-state index contributed by atoms with van der Waals surface area (Å²) in [6.45, 7) is 3.92. The van der Waals surface area contributed by atoms with Crippen LogP contribution >= 0.6 is 15.9 Å². The molecule has 0 radical (unpaired) electrons. The van der Waals surface area contributed by atoms with Crippen LogP contribution in [0.5, 0.6) is 0 Å². The van der Waals surface area contributed by atoms with Crippen LogP contribution in [-0.4, -0.2) is 10.9 Å². The smallest absolute Gasteiger partial charge is 0.255 e. The van der Waals surface area contributed by atoms with Crippen LogP contribution in [0.1, 0.15) is 28.5 Å². The maximum Gasteiger partial charge on any atom is 0.255 e. The maximum atomic E-state index is 12.4. The lowest BCUT2D eigenvalue weighted by Crippen LogP contribution is -2.16. The number of hydrogen-bond donors (Lipinski definition) is 3. The molecule has 0 saturated carbocycles. The molecule has 2 aromatic rings. The number of nitrogens with two attached hydrogens (primary N) is 1. The molecule has 110 valence electrons. The third kappa shape index (κ3) is 3.80. The number of amides is 1. The van der Waals surface area contributed by atoms with Crippen LogP contribution in [-0.2, 0) is 6.42 Å². The Kier molecular flexibility index (Phi) is 4.93. The second-order valence-corrected chi connectivity index (χ2v) is 5.56. The Morgan fingerprint density at radius 1 is 1.33 bits per heavy atom. The molecule has 0 unspecified atom stereocenters. The molecule has 1 heterocycles. The van der Waals surface area contributed by atoms with Crippen LogP contribution in [0.4, 0.5) is 11.5 Å². The highest BCUT2D eigenvalue weighted by atomic mass is 79.9. The second kappa shape index (κ2) is 6.69. The first-order valence-corrected chi connectivity index (χ1v) is 7.38. The zero-order chi connectivity index (χ0) is 15.4. The van der Waals surface area contributed by atoms with Crippen LogP contribution < -0.4 is 16.6 Å². The van der Waals surface area contributed by atoms with Gasteiger partial charge in [-0.25, -0.2) is 10.8 Å². The number of nitrogen functional groups attached to an aromatic ring is 1. The lowest BCUT2D eigenvalue weighted by atomic mass is 10.1. The van der Waals surface area contributed by atoms with Crippen LogP contribution in [0.25, 0.3) is 0 Å². The minimum absolute atomic E-state index is 0.190. The fraction of sp³-hybridized carbons (Fsp3) is 0.200. The Hall–Kier alpha value is -1.92. The van der Waals surface area contributed by atoms with Crippen molar-refractivity contribution in [2.24, 2.45) is 5.84 Å². The zero-order valence-corrected chi connectivity index (χ0v) is 13.5. The van der Waals surface area contributed by atoms with Gasteiger partial charge in [-0.3, -0.25) is 4.79 Å². The van der Waals surface area contributed by atoms with Crippen molar-refractivity contribution in [3.63, 3.8) is 0 Å². The average Bonchev–Trinajstić information content (AvgIpc) is 2.50. The van der Waals surface area contributed by atoms with Gasteiger partial charge in [-0.1, -0.05) is 28.9 Å². The monoisotopic (exact) mass is 348 g/mol. The molecule has 1 aromatic carbocycles. The van der Waals surface area contributed by atoms with Crippen molar-refractivity contribution in [2.45, 2.75) is 20.3 Å². The molecule has 0 fully saturated rings. The van der Waals surface area contributed by atoms with Crippen LogP contribution in [0.3, 0.4) is 0 Å². The fourth-order valence-electron chi connectivity index (χ4n) is 1.90. The van der Waals surface area contributed by atoms with Crippen LogP contribution in [0.15, 0.2) is 34.8 Å². The summed E-state index contributed by atoms with van der Waals surface area (Å²) >= 11 is 3.40. The van der Waals surface area contributed by atoms with Gasteiger partial charge in [0.05, 0.1) is 0 Å². The van der Waals surface area contributed by atoms with E-state index in [0.717, 1.165) is 27.8 Å². The largest absolute Gasteiger partial charge is 0.322 e. The quantitative estimate of drug-likeness (QED) is 0.585. The predicted octanol–water partition coefficient (Wildman–Crippen LogP) is 3.25. The van der Waals surface area contributed by atoms with Gasteiger partial charge in [-0.05, 0) is 43.2 Å². The summed E-state index contributed by atoms with van der Waals surface area (Å²) in [5.74, 6) is 5.68. The molecule has 0 aliphatic heterocycles. The standard InChI is InChI=1S/C15H17BrN4O/c1-3-12-6-10(7-14(18-12)20-17)15(21)19-13-8-11(16)5-4-9(13)2/h4-8H,3,17H2,1-2H3,(H,18,20)(H,19,21). The number of nitrogens with zero attached hydrogens (tertiary/aromatic N) is 1. The number of carbonyl (C=O) groups is 1. The normalized spacial score (nSPS) is 10.3. The fourth-order valence-corrected chi connectivity index (χ4v) is 2.26. The molecule has 0 atom stereocenters. The first-order valence-electron chi connectivity index (χ1n) is 6.58. The van der Waals surface area contributed by atoms with E-state index in [0.29, 0.717) is 11.4 Å². The number of halogens is 1. The third-order valence-corrected chi connectivity index (χ3v) is 3.59. The van der Waals surface area contributed by atoms with E-state index in [2.05, 4.69) is 31.7 Å². The molecule has 0 saturated heterocycles. The highest BCUT2D eigenvalue weighted by Gasteiger charge is 2.11. The number of anilines is 2. The highest BCUT2D eigenvalue weighted by molar-refractivity contribution is 9.10. The van der Waals surface area contributed by atoms with E-state index in [-0.39, 0.29) is 5.91 Å². The first-order chi connectivity index (χ1) is 10.0. The van der Waals surface area contributed by atoms with Crippen LogP contribution in [0, 0.1) is 6.92 Å². The van der Waals surface area contributed by atoms with Gasteiger partial charge < -0.3 is 10.7 Å². The van der Waals surface area contributed by atoms with Gasteiger partial charge in [-0.2, -0.15) is 0 Å². The molecule has 0 aliphatic carbocycles. The number of pyridine rings is 1. The van der Waals surface area contributed by atoms with Gasteiger partial charge in [0.2, 0.25) is 0 Å². The lowest BCUT2D eigenvalue weighted by Gasteiger charge is -2.11. The van der Waals surface area contributed by atoms with E-state index < -0.39 is 0 Å². The topological polar surface area (TPSA) is 80.0 Å². The number of aromatic nitrogens is 1. The molecule has 0 aliphatic rings. The lowest BCUT2D eigenvalue weighted by molar-refractivity contribution is 0.102. The summed E-state index contributed by atoms with van der Waals surface area (Å²) in [5, 5.41) is 2.90. The molecular weight excluding hydrogens is 332 g/mol. The van der Waals surface area contributed by atoms with E-state index >= 15 is 0 Å². The summed E-state index contributed by atoms with van der Waals surface area (Å²) < 4.78 is 0.914. The summed E-state index contributed by atoms with van der Waals surface area (Å²) in [7, 11) is 0. The van der Waals surface area contributed by atoms with Gasteiger partial charge in [0.25, 0.3) is 5.91 Å². The van der Waals surface area contributed by atoms with Gasteiger partial charge in [0.1, 0.15) is 5.82 Å². The van der Waals surface area contributed by atoms with Crippen molar-refractivity contribution in [1.82, 2.24) is 4.98 Å². The zero-order valence-electron chi connectivity index (χ0n) is 11.9. The average molecular weight is 349 g/mol. The van der Waals surface area contributed by atoms with Gasteiger partial charge in [0, 0.05) is 21.4 Å². The SMILES string of the molecule is CCc1cc(C(=O)Nc2cc(Br)ccc2C)cc(NN)n1. The molecule has 21 heavy (non-hydrogen) atoms. The van der Waals surface area contributed by atoms with E-state index in [1.54, 1.807) is 12.1 Å². The Labute approximate surface area is 132 Å². The van der Waals surface area contributed by atoms with Gasteiger partial charge in [0.15, 0.2) is 0 Å². The number of nitrogens with one attached hydrogen (secondary N) is 2. The minimum atomic E-state index is -0.190. The molecule has 2 rings (SSSR count). The summed E-state index contributed by atoms with van der Waals surface area (Å²) in [6, 6.07) is 9.14. The van der Waals surface area contributed by atoms with Gasteiger partial charge in [-0.15, -0.1) is 0 Å². The first kappa shape index (κ1) is 15.5. The number of benzene rings is 1. The Balaban J connectivity index is 2.29. The number of hydrazine groups is 1. The van der Waals surface area contributed by atoms with Crippen molar-refractivity contribution >= 4 is 33.3 Å². The van der Waals surface area contributed by atoms with Crippen molar-refractivity contribution < 1.29 is 4.79 Å². The van der Waals surface area contributed by atoms with E-state index in [1.807, 2.05) is 32.0 Å². The van der Waals surface area contributed by atoms with Crippen LogP contribution in [0.2, 0.25) is 0 Å². The summed E-state index contributed by atoms with van der Waals surface area (Å²) in [4.78, 5) is 16.7. The van der Waals surface area contributed by atoms with Crippen molar-refractivity contribution in [3.05, 3.63) is 51.6 Å². The summed E-state index contributed by atoms with van der Waals surface area (Å²) in [5.41, 5.74) is 5.58. The van der Waals surface area contributed by atoms with E-state index in [1.165, 1.54) is 0 Å². The third-order valence-electron chi connectivity index (χ3n) is 3.10. The Morgan fingerprint density at radius 2 is 2.10 bits per heavy atom. The van der Waals surface area contributed by atoms with E-state index in [4.69, 9.17) is 5.84 Å². The molecular formula is C15H17BrN4O. The van der Waals surface area contributed by atoms with Crippen molar-refractivity contribution in [1.29, 1.82) is 0 Å². The number of aryl methyl sites for hydroxylation is 2. The van der Waals surface area contributed by atoms with E-state index in [9.17, 15) is 4.79 Å². The molecule has 0 spiro atoms. The molecule has 6 heteroatoms.